The molecule has 0 aromatic carbocycles. The van der Waals surface area contributed by atoms with Crippen molar-refractivity contribution in [1.82, 2.24) is 4.98 Å². The van der Waals surface area contributed by atoms with Crippen molar-refractivity contribution >= 4 is 17.4 Å². The molecule has 0 unspecified atom stereocenters. The van der Waals surface area contributed by atoms with Crippen LogP contribution >= 0.6 is 0 Å². The zero-order chi connectivity index (χ0) is 15.3. The standard InChI is InChI=1S/C17H25N3O/c1-16(2)14(17(16,3)4)15(21)19-13-11-12(7-8-18-13)20-9-5-6-10-20/h7-8,11,14H,5-6,9-10H2,1-4H3,(H,18,19,21). The number of hydrogen-bond donors (Lipinski definition) is 1. The number of amides is 1. The smallest absolute Gasteiger partial charge is 0.229 e. The molecule has 1 aliphatic carbocycles. The quantitative estimate of drug-likeness (QED) is 0.927. The molecule has 4 nitrogen and oxygen atoms in total. The Morgan fingerprint density at radius 2 is 1.86 bits per heavy atom. The Morgan fingerprint density at radius 3 is 2.43 bits per heavy atom. The molecule has 0 atom stereocenters. The van der Waals surface area contributed by atoms with E-state index in [-0.39, 0.29) is 22.7 Å². The number of pyridine rings is 1. The maximum atomic E-state index is 12.5. The van der Waals surface area contributed by atoms with Gasteiger partial charge in [-0.25, -0.2) is 4.98 Å². The molecule has 1 aliphatic heterocycles. The van der Waals surface area contributed by atoms with Crippen LogP contribution in [-0.2, 0) is 4.79 Å². The van der Waals surface area contributed by atoms with Gasteiger partial charge in [-0.15, -0.1) is 0 Å². The third-order valence-corrected chi connectivity index (χ3v) is 5.75. The van der Waals surface area contributed by atoms with Crippen LogP contribution in [0.25, 0.3) is 0 Å². The Hall–Kier alpha value is -1.58. The zero-order valence-electron chi connectivity index (χ0n) is 13.4. The lowest BCUT2D eigenvalue weighted by Gasteiger charge is -2.18. The molecule has 1 amide bonds. The van der Waals surface area contributed by atoms with Gasteiger partial charge in [-0.3, -0.25) is 4.79 Å². The third kappa shape index (κ3) is 2.30. The second-order valence-corrected chi connectivity index (χ2v) is 7.46. The van der Waals surface area contributed by atoms with Gasteiger partial charge in [0, 0.05) is 37.0 Å². The summed E-state index contributed by atoms with van der Waals surface area (Å²) in [5.74, 6) is 0.821. The molecule has 0 bridgehead atoms. The minimum atomic E-state index is 0.0576. The van der Waals surface area contributed by atoms with Gasteiger partial charge >= 0.3 is 0 Å². The summed E-state index contributed by atoms with van der Waals surface area (Å²) in [6.07, 6.45) is 4.27. The zero-order valence-corrected chi connectivity index (χ0v) is 13.4. The van der Waals surface area contributed by atoms with Gasteiger partial charge < -0.3 is 10.2 Å². The summed E-state index contributed by atoms with van der Waals surface area (Å²) in [6.45, 7) is 10.8. The van der Waals surface area contributed by atoms with E-state index in [9.17, 15) is 4.79 Å². The largest absolute Gasteiger partial charge is 0.371 e. The normalized spacial score (nSPS) is 23.1. The van der Waals surface area contributed by atoms with Gasteiger partial charge in [0.2, 0.25) is 5.91 Å². The fourth-order valence-corrected chi connectivity index (χ4v) is 3.71. The molecular formula is C17H25N3O. The number of aromatic nitrogens is 1. The summed E-state index contributed by atoms with van der Waals surface area (Å²) in [6, 6.07) is 4.01. The van der Waals surface area contributed by atoms with Crippen molar-refractivity contribution in [2.45, 2.75) is 40.5 Å². The molecule has 1 aromatic rings. The van der Waals surface area contributed by atoms with Crippen LogP contribution < -0.4 is 10.2 Å². The fourth-order valence-electron chi connectivity index (χ4n) is 3.71. The lowest BCUT2D eigenvalue weighted by Crippen LogP contribution is -2.20. The minimum absolute atomic E-state index is 0.0576. The second-order valence-electron chi connectivity index (χ2n) is 7.46. The van der Waals surface area contributed by atoms with Gasteiger partial charge in [-0.05, 0) is 29.7 Å². The van der Waals surface area contributed by atoms with Crippen LogP contribution in [0.3, 0.4) is 0 Å². The molecule has 2 heterocycles. The van der Waals surface area contributed by atoms with Crippen LogP contribution in [-0.4, -0.2) is 24.0 Å². The van der Waals surface area contributed by atoms with E-state index < -0.39 is 0 Å². The summed E-state index contributed by atoms with van der Waals surface area (Å²) < 4.78 is 0. The Labute approximate surface area is 126 Å². The first kappa shape index (κ1) is 14.4. The first-order valence-electron chi connectivity index (χ1n) is 7.86. The third-order valence-electron chi connectivity index (χ3n) is 5.75. The number of rotatable bonds is 3. The Kier molecular flexibility index (Phi) is 3.23. The molecule has 21 heavy (non-hydrogen) atoms. The van der Waals surface area contributed by atoms with Gasteiger partial charge in [-0.1, -0.05) is 27.7 Å². The number of carbonyl (C=O) groups is 1. The maximum absolute atomic E-state index is 12.5. The van der Waals surface area contributed by atoms with Gasteiger partial charge in [0.25, 0.3) is 0 Å². The average Bonchev–Trinajstić information content (AvgIpc) is 2.79. The van der Waals surface area contributed by atoms with E-state index in [1.54, 1.807) is 6.20 Å². The first-order chi connectivity index (χ1) is 9.84. The van der Waals surface area contributed by atoms with Crippen molar-refractivity contribution in [1.29, 1.82) is 0 Å². The fraction of sp³-hybridized carbons (Fsp3) is 0.647. The molecule has 1 saturated heterocycles. The summed E-state index contributed by atoms with van der Waals surface area (Å²) in [5, 5.41) is 3.00. The predicted octanol–water partition coefficient (Wildman–Crippen LogP) is 3.30. The summed E-state index contributed by atoms with van der Waals surface area (Å²) in [5.41, 5.74) is 1.28. The van der Waals surface area contributed by atoms with E-state index in [0.717, 1.165) is 18.8 Å². The highest BCUT2D eigenvalue weighted by atomic mass is 16.2. The topological polar surface area (TPSA) is 45.2 Å². The molecule has 114 valence electrons. The minimum Gasteiger partial charge on any atom is -0.371 e. The van der Waals surface area contributed by atoms with Crippen molar-refractivity contribution in [3.63, 3.8) is 0 Å². The van der Waals surface area contributed by atoms with E-state index in [1.165, 1.54) is 12.8 Å². The SMILES string of the molecule is CC1(C)C(C(=O)Nc2cc(N3CCCC3)ccn2)C1(C)C. The highest BCUT2D eigenvalue weighted by Crippen LogP contribution is 2.68. The highest BCUT2D eigenvalue weighted by molar-refractivity contribution is 5.95. The summed E-state index contributed by atoms with van der Waals surface area (Å²) in [7, 11) is 0. The average molecular weight is 287 g/mol. The van der Waals surface area contributed by atoms with Crippen molar-refractivity contribution < 1.29 is 4.79 Å². The van der Waals surface area contributed by atoms with Crippen molar-refractivity contribution in [2.75, 3.05) is 23.3 Å². The molecule has 1 saturated carbocycles. The Bertz CT molecular complexity index is 545. The van der Waals surface area contributed by atoms with Crippen molar-refractivity contribution in [3.05, 3.63) is 18.3 Å². The number of nitrogens with zero attached hydrogens (tertiary/aromatic N) is 2. The molecule has 1 N–H and O–H groups in total. The summed E-state index contributed by atoms with van der Waals surface area (Å²) >= 11 is 0. The summed E-state index contributed by atoms with van der Waals surface area (Å²) in [4.78, 5) is 19.1. The Balaban J connectivity index is 1.71. The Morgan fingerprint density at radius 1 is 1.24 bits per heavy atom. The number of nitrogens with one attached hydrogen (secondary N) is 1. The van der Waals surface area contributed by atoms with E-state index in [1.807, 2.05) is 12.1 Å². The lowest BCUT2D eigenvalue weighted by atomic mass is 10.0. The van der Waals surface area contributed by atoms with Crippen LogP contribution in [0.5, 0.6) is 0 Å². The lowest BCUT2D eigenvalue weighted by molar-refractivity contribution is -0.118. The van der Waals surface area contributed by atoms with Crippen LogP contribution in [0, 0.1) is 16.7 Å². The van der Waals surface area contributed by atoms with Crippen LogP contribution in [0.15, 0.2) is 18.3 Å². The number of carbonyl (C=O) groups excluding carboxylic acids is 1. The molecule has 0 radical (unpaired) electrons. The van der Waals surface area contributed by atoms with Crippen molar-refractivity contribution in [2.24, 2.45) is 16.7 Å². The number of anilines is 2. The maximum Gasteiger partial charge on any atom is 0.229 e. The first-order valence-corrected chi connectivity index (χ1v) is 7.86. The van der Waals surface area contributed by atoms with E-state index in [2.05, 4.69) is 42.9 Å². The van der Waals surface area contributed by atoms with Crippen molar-refractivity contribution in [3.8, 4) is 0 Å². The molecule has 2 fully saturated rings. The van der Waals surface area contributed by atoms with Gasteiger partial charge in [0.05, 0.1) is 0 Å². The van der Waals surface area contributed by atoms with Crippen LogP contribution in [0.4, 0.5) is 11.5 Å². The van der Waals surface area contributed by atoms with E-state index in [4.69, 9.17) is 0 Å². The van der Waals surface area contributed by atoms with Crippen LogP contribution in [0.1, 0.15) is 40.5 Å². The molecular weight excluding hydrogens is 262 g/mol. The van der Waals surface area contributed by atoms with Gasteiger partial charge in [0.1, 0.15) is 5.82 Å². The molecule has 1 aromatic heterocycles. The van der Waals surface area contributed by atoms with Gasteiger partial charge in [0.15, 0.2) is 0 Å². The molecule has 0 spiro atoms. The predicted molar refractivity (Wildman–Crippen MR) is 85.4 cm³/mol. The molecule has 2 aliphatic rings. The van der Waals surface area contributed by atoms with Gasteiger partial charge in [-0.2, -0.15) is 0 Å². The highest BCUT2D eigenvalue weighted by Gasteiger charge is 2.68. The van der Waals surface area contributed by atoms with E-state index in [0.29, 0.717) is 5.82 Å². The monoisotopic (exact) mass is 287 g/mol. The molecule has 3 rings (SSSR count). The second kappa shape index (κ2) is 4.72. The van der Waals surface area contributed by atoms with Crippen LogP contribution in [0.2, 0.25) is 0 Å². The molecule has 4 heteroatoms. The number of hydrogen-bond acceptors (Lipinski definition) is 3. The van der Waals surface area contributed by atoms with E-state index >= 15 is 0 Å².